The molecule has 1 N–H and O–H groups in total. The van der Waals surface area contributed by atoms with Gasteiger partial charge in [0.1, 0.15) is 0 Å². The molecule has 152 valence electrons. The lowest BCUT2D eigenvalue weighted by Crippen LogP contribution is -2.48. The Balaban J connectivity index is 1.61. The van der Waals surface area contributed by atoms with Gasteiger partial charge in [-0.3, -0.25) is 9.59 Å². The predicted molar refractivity (Wildman–Crippen MR) is 116 cm³/mol. The second-order valence-corrected chi connectivity index (χ2v) is 8.69. The lowest BCUT2D eigenvalue weighted by molar-refractivity contribution is -0.124. The molecule has 1 fully saturated rings. The third-order valence-corrected chi connectivity index (χ3v) is 6.21. The molecule has 4 rings (SSSR count). The average molecular weight is 392 g/mol. The summed E-state index contributed by atoms with van der Waals surface area (Å²) in [5.41, 5.74) is 2.81. The molecule has 0 saturated carbocycles. The number of fused-ring (bicyclic) bond motifs is 2. The Morgan fingerprint density at radius 3 is 2.45 bits per heavy atom. The molecule has 0 unspecified atom stereocenters. The van der Waals surface area contributed by atoms with Gasteiger partial charge < -0.3 is 15.1 Å². The maximum atomic E-state index is 13.2. The maximum absolute atomic E-state index is 13.2. The highest BCUT2D eigenvalue weighted by molar-refractivity contribution is 6.10. The molecule has 0 radical (unpaired) electrons. The first kappa shape index (κ1) is 19.6. The SMILES string of the molecule is CC(C)CN1CCC2(CC1)C(=O)N(C)c1ccc(C(=O)Nc3ccccc3)cc12. The van der Waals surface area contributed by atoms with Gasteiger partial charge in [0, 0.05) is 30.5 Å². The van der Waals surface area contributed by atoms with Gasteiger partial charge >= 0.3 is 0 Å². The van der Waals surface area contributed by atoms with E-state index in [1.54, 1.807) is 4.90 Å². The van der Waals surface area contributed by atoms with Crippen LogP contribution in [0.3, 0.4) is 0 Å². The molecule has 29 heavy (non-hydrogen) atoms. The topological polar surface area (TPSA) is 52.7 Å². The second-order valence-electron chi connectivity index (χ2n) is 8.69. The van der Waals surface area contributed by atoms with E-state index >= 15 is 0 Å². The summed E-state index contributed by atoms with van der Waals surface area (Å²) in [5.74, 6) is 0.636. The van der Waals surface area contributed by atoms with E-state index in [9.17, 15) is 9.59 Å². The highest BCUT2D eigenvalue weighted by atomic mass is 16.2. The Morgan fingerprint density at radius 1 is 1.10 bits per heavy atom. The van der Waals surface area contributed by atoms with Crippen molar-refractivity contribution < 1.29 is 9.59 Å². The molecule has 0 bridgehead atoms. The van der Waals surface area contributed by atoms with Crippen LogP contribution in [0.25, 0.3) is 0 Å². The van der Waals surface area contributed by atoms with Gasteiger partial charge in [0.2, 0.25) is 5.91 Å². The molecule has 1 saturated heterocycles. The van der Waals surface area contributed by atoms with Crippen LogP contribution in [-0.4, -0.2) is 43.4 Å². The molecule has 5 heteroatoms. The summed E-state index contributed by atoms with van der Waals surface area (Å²) in [6, 6.07) is 15.1. The van der Waals surface area contributed by atoms with Crippen LogP contribution >= 0.6 is 0 Å². The van der Waals surface area contributed by atoms with E-state index in [-0.39, 0.29) is 11.8 Å². The first-order valence-corrected chi connectivity index (χ1v) is 10.4. The first-order valence-electron chi connectivity index (χ1n) is 10.4. The van der Waals surface area contributed by atoms with Crippen molar-refractivity contribution >= 4 is 23.2 Å². The van der Waals surface area contributed by atoms with Gasteiger partial charge in [-0.25, -0.2) is 0 Å². The molecule has 5 nitrogen and oxygen atoms in total. The van der Waals surface area contributed by atoms with Crippen LogP contribution < -0.4 is 10.2 Å². The third kappa shape index (κ3) is 3.55. The molecule has 0 aromatic heterocycles. The van der Waals surface area contributed by atoms with E-state index in [0.29, 0.717) is 11.5 Å². The highest BCUT2D eigenvalue weighted by Gasteiger charge is 2.51. The minimum absolute atomic E-state index is 0.145. The molecule has 2 heterocycles. The summed E-state index contributed by atoms with van der Waals surface area (Å²) >= 11 is 0. The van der Waals surface area contributed by atoms with Gasteiger partial charge in [-0.1, -0.05) is 32.0 Å². The number of hydrogen-bond donors (Lipinski definition) is 1. The summed E-state index contributed by atoms with van der Waals surface area (Å²) in [7, 11) is 1.85. The molecule has 2 aliphatic rings. The minimum atomic E-state index is -0.499. The molecule has 1 spiro atoms. The molecule has 0 atom stereocenters. The number of piperidine rings is 1. The van der Waals surface area contributed by atoms with Crippen molar-refractivity contribution in [3.63, 3.8) is 0 Å². The molecular weight excluding hydrogens is 362 g/mol. The molecule has 2 aromatic rings. The van der Waals surface area contributed by atoms with Crippen LogP contribution in [0.2, 0.25) is 0 Å². The van der Waals surface area contributed by atoms with Gasteiger partial charge in [0.05, 0.1) is 5.41 Å². The number of benzene rings is 2. The zero-order valence-corrected chi connectivity index (χ0v) is 17.4. The van der Waals surface area contributed by atoms with Crippen molar-refractivity contribution in [3.8, 4) is 0 Å². The van der Waals surface area contributed by atoms with E-state index in [1.807, 2.05) is 55.6 Å². The Labute approximate surface area is 172 Å². The van der Waals surface area contributed by atoms with Crippen molar-refractivity contribution in [3.05, 3.63) is 59.7 Å². The van der Waals surface area contributed by atoms with Crippen molar-refractivity contribution in [2.75, 3.05) is 36.9 Å². The number of nitrogens with one attached hydrogen (secondary N) is 1. The van der Waals surface area contributed by atoms with Crippen LogP contribution in [0, 0.1) is 5.92 Å². The Morgan fingerprint density at radius 2 is 1.79 bits per heavy atom. The summed E-state index contributed by atoms with van der Waals surface area (Å²) < 4.78 is 0. The van der Waals surface area contributed by atoms with E-state index < -0.39 is 5.41 Å². The summed E-state index contributed by atoms with van der Waals surface area (Å²) in [6.07, 6.45) is 1.61. The zero-order valence-electron chi connectivity index (χ0n) is 17.4. The monoisotopic (exact) mass is 391 g/mol. The Bertz CT molecular complexity index is 915. The number of amides is 2. The minimum Gasteiger partial charge on any atom is -0.322 e. The fourth-order valence-electron chi connectivity index (χ4n) is 4.74. The van der Waals surface area contributed by atoms with Crippen LogP contribution in [0.5, 0.6) is 0 Å². The first-order chi connectivity index (χ1) is 13.9. The van der Waals surface area contributed by atoms with E-state index in [1.165, 1.54) is 0 Å². The number of rotatable bonds is 4. The van der Waals surface area contributed by atoms with E-state index in [2.05, 4.69) is 24.1 Å². The molecule has 2 aliphatic heterocycles. The van der Waals surface area contributed by atoms with Gasteiger partial charge in [-0.2, -0.15) is 0 Å². The molecule has 2 amide bonds. The van der Waals surface area contributed by atoms with E-state index in [0.717, 1.165) is 49.4 Å². The van der Waals surface area contributed by atoms with Gasteiger partial charge in [-0.05, 0) is 67.7 Å². The number of likely N-dealkylation sites (N-methyl/N-ethyl adjacent to an activating group) is 1. The van der Waals surface area contributed by atoms with E-state index in [4.69, 9.17) is 0 Å². The maximum Gasteiger partial charge on any atom is 0.255 e. The third-order valence-electron chi connectivity index (χ3n) is 6.21. The molecule has 2 aromatic carbocycles. The number of nitrogens with zero attached hydrogens (tertiary/aromatic N) is 2. The fraction of sp³-hybridized carbons (Fsp3) is 0.417. The number of para-hydroxylation sites is 1. The fourth-order valence-corrected chi connectivity index (χ4v) is 4.74. The lowest BCUT2D eigenvalue weighted by Gasteiger charge is -2.39. The highest BCUT2D eigenvalue weighted by Crippen LogP contribution is 2.47. The van der Waals surface area contributed by atoms with Crippen molar-refractivity contribution in [1.82, 2.24) is 4.90 Å². The quantitative estimate of drug-likeness (QED) is 0.860. The lowest BCUT2D eigenvalue weighted by atomic mass is 9.73. The standard InChI is InChI=1S/C24H29N3O2/c1-17(2)16-27-13-11-24(12-14-27)20-15-18(9-10-21(20)26(3)23(24)29)22(28)25-19-7-5-4-6-8-19/h4-10,15,17H,11-14,16H2,1-3H3,(H,25,28). The molecular formula is C24H29N3O2. The van der Waals surface area contributed by atoms with Gasteiger partial charge in [0.25, 0.3) is 5.91 Å². The summed E-state index contributed by atoms with van der Waals surface area (Å²) in [4.78, 5) is 30.3. The number of carbonyl (C=O) groups is 2. The predicted octanol–water partition coefficient (Wildman–Crippen LogP) is 3.90. The Kier molecular flexibility index (Phi) is 5.17. The normalized spacial score (nSPS) is 18.3. The van der Waals surface area contributed by atoms with Crippen LogP contribution in [-0.2, 0) is 10.2 Å². The number of hydrogen-bond acceptors (Lipinski definition) is 3. The van der Waals surface area contributed by atoms with Crippen LogP contribution in [0.4, 0.5) is 11.4 Å². The van der Waals surface area contributed by atoms with Crippen molar-refractivity contribution in [2.24, 2.45) is 5.92 Å². The van der Waals surface area contributed by atoms with Crippen LogP contribution in [0.15, 0.2) is 48.5 Å². The number of likely N-dealkylation sites (tertiary alicyclic amines) is 1. The van der Waals surface area contributed by atoms with Gasteiger partial charge in [-0.15, -0.1) is 0 Å². The zero-order chi connectivity index (χ0) is 20.6. The largest absolute Gasteiger partial charge is 0.322 e. The van der Waals surface area contributed by atoms with Gasteiger partial charge in [0.15, 0.2) is 0 Å². The van der Waals surface area contributed by atoms with Crippen molar-refractivity contribution in [2.45, 2.75) is 32.1 Å². The number of carbonyl (C=O) groups excluding carboxylic acids is 2. The average Bonchev–Trinajstić information content (AvgIpc) is 2.92. The van der Waals surface area contributed by atoms with Crippen LogP contribution in [0.1, 0.15) is 42.6 Å². The van der Waals surface area contributed by atoms with Crippen molar-refractivity contribution in [1.29, 1.82) is 0 Å². The summed E-state index contributed by atoms with van der Waals surface area (Å²) in [5, 5.41) is 2.95. The smallest absolute Gasteiger partial charge is 0.255 e. The second kappa shape index (κ2) is 7.64. The summed E-state index contributed by atoms with van der Waals surface area (Å²) in [6.45, 7) is 7.35. The number of anilines is 2. The Hall–Kier alpha value is -2.66. The molecule has 0 aliphatic carbocycles.